The maximum absolute atomic E-state index is 12.0. The fourth-order valence-corrected chi connectivity index (χ4v) is 3.07. The van der Waals surface area contributed by atoms with Gasteiger partial charge in [0.1, 0.15) is 6.04 Å². The lowest BCUT2D eigenvalue weighted by Crippen LogP contribution is -2.42. The van der Waals surface area contributed by atoms with Gasteiger partial charge in [-0.25, -0.2) is 13.2 Å². The Morgan fingerprint density at radius 3 is 2.32 bits per heavy atom. The van der Waals surface area contributed by atoms with Gasteiger partial charge in [-0.2, -0.15) is 0 Å². The van der Waals surface area contributed by atoms with Crippen LogP contribution >= 0.6 is 0 Å². The second-order valence-corrected chi connectivity index (χ2v) is 7.63. The van der Waals surface area contributed by atoms with Crippen LogP contribution in [0.1, 0.15) is 25.8 Å². The monoisotopic (exact) mass is 327 g/mol. The molecule has 0 heterocycles. The van der Waals surface area contributed by atoms with Crippen molar-refractivity contribution in [3.05, 3.63) is 29.8 Å². The number of carboxylic acid groups (broad SMARTS) is 1. The zero-order valence-corrected chi connectivity index (χ0v) is 13.7. The molecule has 0 bridgehead atoms. The summed E-state index contributed by atoms with van der Waals surface area (Å²) in [5.74, 6) is -1.49. The van der Waals surface area contributed by atoms with E-state index in [1.165, 1.54) is 6.07 Å². The van der Waals surface area contributed by atoms with Gasteiger partial charge in [0, 0.05) is 6.26 Å². The van der Waals surface area contributed by atoms with E-state index >= 15 is 0 Å². The average Bonchev–Trinajstić information content (AvgIpc) is 2.36. The summed E-state index contributed by atoms with van der Waals surface area (Å²) in [6.45, 7) is 3.72. The van der Waals surface area contributed by atoms with Crippen molar-refractivity contribution < 1.29 is 23.1 Å². The molecule has 0 fully saturated rings. The number of sulfone groups is 1. The van der Waals surface area contributed by atoms with E-state index in [1.807, 2.05) is 13.8 Å². The van der Waals surface area contributed by atoms with E-state index < -0.39 is 27.8 Å². The third kappa shape index (κ3) is 5.48. The van der Waals surface area contributed by atoms with Crippen molar-refractivity contribution >= 4 is 21.7 Å². The number of benzene rings is 1. The first-order chi connectivity index (χ1) is 10.1. The fraction of sp³-hybridized carbons (Fsp3) is 0.467. The first-order valence-corrected chi connectivity index (χ1v) is 8.80. The number of hydrogen-bond donors (Lipinski definition) is 2. The fourth-order valence-electron chi connectivity index (χ4n) is 2.12. The molecule has 7 heteroatoms. The third-order valence-corrected chi connectivity index (χ3v) is 4.26. The molecular formula is C15H21NO5S. The van der Waals surface area contributed by atoms with Gasteiger partial charge in [-0.3, -0.25) is 4.79 Å². The highest BCUT2D eigenvalue weighted by Crippen LogP contribution is 2.16. The molecule has 0 aromatic heterocycles. The van der Waals surface area contributed by atoms with Crippen molar-refractivity contribution in [2.75, 3.05) is 6.26 Å². The quantitative estimate of drug-likeness (QED) is 0.785. The number of rotatable bonds is 7. The van der Waals surface area contributed by atoms with Crippen LogP contribution in [-0.4, -0.2) is 37.7 Å². The van der Waals surface area contributed by atoms with Crippen LogP contribution in [0.5, 0.6) is 0 Å². The molecule has 6 nitrogen and oxygen atoms in total. The molecule has 0 aliphatic heterocycles. The summed E-state index contributed by atoms with van der Waals surface area (Å²) >= 11 is 0. The second-order valence-electron chi connectivity index (χ2n) is 5.64. The van der Waals surface area contributed by atoms with Gasteiger partial charge >= 0.3 is 5.97 Å². The van der Waals surface area contributed by atoms with Gasteiger partial charge in [-0.15, -0.1) is 0 Å². The Balaban J connectivity index is 2.87. The first kappa shape index (κ1) is 18.2. The summed E-state index contributed by atoms with van der Waals surface area (Å²) in [7, 11) is -3.44. The van der Waals surface area contributed by atoms with Crippen LogP contribution in [-0.2, 0) is 25.8 Å². The Morgan fingerprint density at radius 1 is 1.23 bits per heavy atom. The normalized spacial score (nSPS) is 12.9. The van der Waals surface area contributed by atoms with E-state index in [1.54, 1.807) is 18.2 Å². The number of carbonyl (C=O) groups excluding carboxylic acids is 1. The summed E-state index contributed by atoms with van der Waals surface area (Å²) in [4.78, 5) is 23.2. The van der Waals surface area contributed by atoms with Gasteiger partial charge in [0.2, 0.25) is 5.91 Å². The maximum atomic E-state index is 12.0. The molecule has 1 rings (SSSR count). The number of aliphatic carboxylic acids is 1. The van der Waals surface area contributed by atoms with Crippen molar-refractivity contribution in [3.63, 3.8) is 0 Å². The van der Waals surface area contributed by atoms with Crippen molar-refractivity contribution in [1.29, 1.82) is 0 Å². The molecule has 122 valence electrons. The van der Waals surface area contributed by atoms with Crippen LogP contribution in [0.2, 0.25) is 0 Å². The minimum absolute atomic E-state index is 0.0842. The molecule has 0 saturated heterocycles. The molecule has 0 unspecified atom stereocenters. The number of carbonyl (C=O) groups is 2. The highest BCUT2D eigenvalue weighted by Gasteiger charge is 2.22. The number of hydrogen-bond acceptors (Lipinski definition) is 4. The lowest BCUT2D eigenvalue weighted by atomic mass is 10.0. The van der Waals surface area contributed by atoms with E-state index in [2.05, 4.69) is 5.32 Å². The number of nitrogens with one attached hydrogen (secondary N) is 1. The van der Waals surface area contributed by atoms with Crippen LogP contribution in [0.3, 0.4) is 0 Å². The third-order valence-electron chi connectivity index (χ3n) is 3.06. The molecule has 0 aliphatic carbocycles. The van der Waals surface area contributed by atoms with E-state index in [4.69, 9.17) is 5.11 Å². The summed E-state index contributed by atoms with van der Waals surface area (Å²) in [5, 5.41) is 11.6. The van der Waals surface area contributed by atoms with Gasteiger partial charge in [-0.1, -0.05) is 32.0 Å². The lowest BCUT2D eigenvalue weighted by Gasteiger charge is -2.17. The largest absolute Gasteiger partial charge is 0.480 e. The second kappa shape index (κ2) is 7.40. The Labute approximate surface area is 130 Å². The Bertz CT molecular complexity index is 652. The first-order valence-electron chi connectivity index (χ1n) is 6.91. The summed E-state index contributed by atoms with van der Waals surface area (Å²) in [5.41, 5.74) is 0.358. The average molecular weight is 327 g/mol. The van der Waals surface area contributed by atoms with Crippen molar-refractivity contribution in [2.45, 2.75) is 37.6 Å². The van der Waals surface area contributed by atoms with Gasteiger partial charge in [-0.05, 0) is 24.0 Å². The molecule has 0 spiro atoms. The summed E-state index contributed by atoms with van der Waals surface area (Å²) in [6.07, 6.45) is 1.21. The molecule has 0 radical (unpaired) electrons. The van der Waals surface area contributed by atoms with Crippen molar-refractivity contribution in [3.8, 4) is 0 Å². The summed E-state index contributed by atoms with van der Waals surface area (Å²) in [6, 6.07) is 5.23. The standard InChI is InChI=1S/C15H21NO5S/c1-10(2)8-12(15(18)19)16-14(17)9-11-6-4-5-7-13(11)22(3,20)21/h4-7,10,12H,8-9H2,1-3H3,(H,16,17)(H,18,19)/t12-/m0/s1. The molecule has 1 aromatic rings. The number of carboxylic acids is 1. The van der Waals surface area contributed by atoms with E-state index in [9.17, 15) is 18.0 Å². The molecular weight excluding hydrogens is 306 g/mol. The molecule has 0 aliphatic rings. The Morgan fingerprint density at radius 2 is 1.82 bits per heavy atom. The molecule has 2 N–H and O–H groups in total. The highest BCUT2D eigenvalue weighted by molar-refractivity contribution is 7.90. The smallest absolute Gasteiger partial charge is 0.326 e. The predicted octanol–water partition coefficient (Wildman–Crippen LogP) is 1.25. The molecule has 1 atom stereocenters. The van der Waals surface area contributed by atoms with Gasteiger partial charge in [0.15, 0.2) is 9.84 Å². The van der Waals surface area contributed by atoms with Crippen LogP contribution in [0.15, 0.2) is 29.2 Å². The van der Waals surface area contributed by atoms with Crippen LogP contribution in [0.4, 0.5) is 0 Å². The zero-order chi connectivity index (χ0) is 16.9. The number of amides is 1. The minimum atomic E-state index is -3.44. The van der Waals surface area contributed by atoms with Crippen molar-refractivity contribution in [1.82, 2.24) is 5.32 Å². The predicted molar refractivity (Wildman–Crippen MR) is 82.3 cm³/mol. The van der Waals surface area contributed by atoms with Crippen LogP contribution < -0.4 is 5.32 Å². The Kier molecular flexibility index (Phi) is 6.11. The van der Waals surface area contributed by atoms with Gasteiger partial charge < -0.3 is 10.4 Å². The summed E-state index contributed by atoms with van der Waals surface area (Å²) < 4.78 is 23.4. The molecule has 1 amide bonds. The molecule has 0 saturated carbocycles. The van der Waals surface area contributed by atoms with Gasteiger partial charge in [0.25, 0.3) is 0 Å². The topological polar surface area (TPSA) is 101 Å². The van der Waals surface area contributed by atoms with E-state index in [0.717, 1.165) is 6.26 Å². The van der Waals surface area contributed by atoms with E-state index in [-0.39, 0.29) is 17.2 Å². The highest BCUT2D eigenvalue weighted by atomic mass is 32.2. The zero-order valence-electron chi connectivity index (χ0n) is 12.9. The van der Waals surface area contributed by atoms with Crippen LogP contribution in [0, 0.1) is 5.92 Å². The minimum Gasteiger partial charge on any atom is -0.480 e. The SMILES string of the molecule is CC(C)C[C@H](NC(=O)Cc1ccccc1S(C)(=O)=O)C(=O)O. The van der Waals surface area contributed by atoms with Crippen molar-refractivity contribution in [2.24, 2.45) is 5.92 Å². The lowest BCUT2D eigenvalue weighted by molar-refractivity contribution is -0.142. The molecule has 22 heavy (non-hydrogen) atoms. The molecule has 1 aromatic carbocycles. The maximum Gasteiger partial charge on any atom is 0.326 e. The van der Waals surface area contributed by atoms with Crippen LogP contribution in [0.25, 0.3) is 0 Å². The van der Waals surface area contributed by atoms with Gasteiger partial charge in [0.05, 0.1) is 11.3 Å². The Hall–Kier alpha value is -1.89. The van der Waals surface area contributed by atoms with E-state index in [0.29, 0.717) is 12.0 Å².